The van der Waals surface area contributed by atoms with Gasteiger partial charge < -0.3 is 19.9 Å². The molecule has 0 aromatic heterocycles. The summed E-state index contributed by atoms with van der Waals surface area (Å²) in [6.45, 7) is 0.800. The Bertz CT molecular complexity index is 597. The summed E-state index contributed by atoms with van der Waals surface area (Å²) >= 11 is 0. The molecule has 0 radical (unpaired) electrons. The molecule has 0 aliphatic heterocycles. The average molecular weight is 275 g/mol. The van der Waals surface area contributed by atoms with Gasteiger partial charge in [-0.1, -0.05) is 24.3 Å². The lowest BCUT2D eigenvalue weighted by Crippen LogP contribution is -2.19. The van der Waals surface area contributed by atoms with Crippen LogP contribution in [0.15, 0.2) is 36.4 Å². The van der Waals surface area contributed by atoms with E-state index in [9.17, 15) is 9.90 Å². The van der Waals surface area contributed by atoms with E-state index in [-0.39, 0.29) is 18.3 Å². The van der Waals surface area contributed by atoms with Crippen LogP contribution in [0.2, 0.25) is 0 Å². The van der Waals surface area contributed by atoms with Gasteiger partial charge in [0, 0.05) is 23.6 Å². The smallest absolute Gasteiger partial charge is 0.250 e. The summed E-state index contributed by atoms with van der Waals surface area (Å²) in [4.78, 5) is 11.8. The number of phenolic OH excluding ortho intramolecular Hbond substituents is 1. The van der Waals surface area contributed by atoms with Crippen LogP contribution in [-0.4, -0.2) is 37.9 Å². The van der Waals surface area contributed by atoms with Crippen molar-refractivity contribution in [3.63, 3.8) is 0 Å². The van der Waals surface area contributed by atoms with Gasteiger partial charge in [0.1, 0.15) is 12.4 Å². The lowest BCUT2D eigenvalue weighted by atomic mass is 10.1. The highest BCUT2D eigenvalue weighted by atomic mass is 16.5. The molecule has 2 N–H and O–H groups in total. The van der Waals surface area contributed by atoms with E-state index in [1.54, 1.807) is 37.4 Å². The van der Waals surface area contributed by atoms with Crippen molar-refractivity contribution in [2.45, 2.75) is 0 Å². The first-order valence-electron chi connectivity index (χ1n) is 6.29. The molecule has 0 atom stereocenters. The highest BCUT2D eigenvalue weighted by Gasteiger charge is 2.07. The molecule has 0 saturated carbocycles. The number of benzene rings is 2. The van der Waals surface area contributed by atoms with Gasteiger partial charge in [-0.2, -0.15) is 0 Å². The monoisotopic (exact) mass is 275 g/mol. The summed E-state index contributed by atoms with van der Waals surface area (Å²) in [6, 6.07) is 10.6. The number of hydrogen-bond acceptors (Lipinski definition) is 4. The Kier molecular flexibility index (Phi) is 4.92. The van der Waals surface area contributed by atoms with Crippen LogP contribution in [0.1, 0.15) is 0 Å². The van der Waals surface area contributed by atoms with E-state index in [1.165, 1.54) is 0 Å². The number of amides is 1. The third-order valence-electron chi connectivity index (χ3n) is 2.84. The third kappa shape index (κ3) is 3.46. The molecule has 2 aromatic carbocycles. The number of carbonyl (C=O) groups is 1. The normalized spacial score (nSPS) is 10.7. The first kappa shape index (κ1) is 14.3. The van der Waals surface area contributed by atoms with Crippen molar-refractivity contribution in [2.75, 3.05) is 32.2 Å². The van der Waals surface area contributed by atoms with Crippen molar-refractivity contribution < 1.29 is 19.4 Å². The minimum Gasteiger partial charge on any atom is -0.507 e. The molecule has 1 amide bonds. The first-order chi connectivity index (χ1) is 9.72. The number of rotatable bonds is 6. The van der Waals surface area contributed by atoms with E-state index in [4.69, 9.17) is 9.47 Å². The van der Waals surface area contributed by atoms with Gasteiger partial charge in [0.25, 0.3) is 0 Å². The number of methoxy groups -OCH3 is 1. The Labute approximate surface area is 117 Å². The first-order valence-corrected chi connectivity index (χ1v) is 6.29. The fraction of sp³-hybridized carbons (Fsp3) is 0.267. The van der Waals surface area contributed by atoms with Crippen molar-refractivity contribution in [1.82, 2.24) is 0 Å². The molecule has 2 rings (SSSR count). The third-order valence-corrected chi connectivity index (χ3v) is 2.84. The molecule has 0 fully saturated rings. The number of anilines is 1. The summed E-state index contributed by atoms with van der Waals surface area (Å²) in [7, 11) is 1.58. The number of carbonyl (C=O) groups excluding carboxylic acids is 1. The summed E-state index contributed by atoms with van der Waals surface area (Å²) < 4.78 is 9.99. The molecule has 20 heavy (non-hydrogen) atoms. The molecule has 0 heterocycles. The van der Waals surface area contributed by atoms with Crippen molar-refractivity contribution in [3.8, 4) is 5.75 Å². The fourth-order valence-corrected chi connectivity index (χ4v) is 1.90. The summed E-state index contributed by atoms with van der Waals surface area (Å²) in [5.74, 6) is -0.0492. The van der Waals surface area contributed by atoms with E-state index in [0.29, 0.717) is 24.3 Å². The highest BCUT2D eigenvalue weighted by Crippen LogP contribution is 2.29. The number of nitrogens with one attached hydrogen (secondary N) is 1. The predicted molar refractivity (Wildman–Crippen MR) is 76.9 cm³/mol. The average Bonchev–Trinajstić information content (AvgIpc) is 2.45. The van der Waals surface area contributed by atoms with Crippen LogP contribution < -0.4 is 5.32 Å². The van der Waals surface area contributed by atoms with Crippen LogP contribution in [0.25, 0.3) is 10.8 Å². The van der Waals surface area contributed by atoms with Crippen molar-refractivity contribution >= 4 is 22.4 Å². The molecular weight excluding hydrogens is 258 g/mol. The Hall–Kier alpha value is -2.11. The van der Waals surface area contributed by atoms with Crippen LogP contribution in [0.3, 0.4) is 0 Å². The highest BCUT2D eigenvalue weighted by molar-refractivity contribution is 6.04. The predicted octanol–water partition coefficient (Wildman–Crippen LogP) is 2.15. The van der Waals surface area contributed by atoms with E-state index < -0.39 is 0 Å². The van der Waals surface area contributed by atoms with Crippen molar-refractivity contribution in [1.29, 1.82) is 0 Å². The summed E-state index contributed by atoms with van der Waals surface area (Å²) in [6.07, 6.45) is 0. The Morgan fingerprint density at radius 3 is 2.70 bits per heavy atom. The van der Waals surface area contributed by atoms with Crippen molar-refractivity contribution in [2.24, 2.45) is 0 Å². The standard InChI is InChI=1S/C15H17NO4/c1-19-8-9-20-10-15(18)16-13-6-2-5-12-11(13)4-3-7-14(12)17/h2-7,17H,8-10H2,1H3,(H,16,18). The van der Waals surface area contributed by atoms with Gasteiger partial charge in [0.15, 0.2) is 0 Å². The van der Waals surface area contributed by atoms with E-state index in [0.717, 1.165) is 5.39 Å². The molecular formula is C15H17NO4. The second-order valence-electron chi connectivity index (χ2n) is 4.27. The molecule has 5 heteroatoms. The number of hydrogen-bond donors (Lipinski definition) is 2. The van der Waals surface area contributed by atoms with Gasteiger partial charge in [-0.15, -0.1) is 0 Å². The van der Waals surface area contributed by atoms with Crippen LogP contribution >= 0.6 is 0 Å². The zero-order chi connectivity index (χ0) is 14.4. The van der Waals surface area contributed by atoms with E-state index in [2.05, 4.69) is 5.32 Å². The Morgan fingerprint density at radius 1 is 1.15 bits per heavy atom. The second-order valence-corrected chi connectivity index (χ2v) is 4.27. The molecule has 0 spiro atoms. The second kappa shape index (κ2) is 6.88. The molecule has 0 saturated heterocycles. The largest absolute Gasteiger partial charge is 0.507 e. The maximum atomic E-state index is 11.8. The van der Waals surface area contributed by atoms with Crippen LogP contribution in [0.4, 0.5) is 5.69 Å². The topological polar surface area (TPSA) is 67.8 Å². The molecule has 5 nitrogen and oxygen atoms in total. The van der Waals surface area contributed by atoms with E-state index in [1.807, 2.05) is 6.07 Å². The van der Waals surface area contributed by atoms with Gasteiger partial charge in [-0.25, -0.2) is 0 Å². The van der Waals surface area contributed by atoms with Gasteiger partial charge in [0.05, 0.1) is 13.2 Å². The molecule has 0 bridgehead atoms. The molecule has 0 unspecified atom stereocenters. The Balaban J connectivity index is 2.06. The quantitative estimate of drug-likeness (QED) is 0.793. The molecule has 2 aromatic rings. The van der Waals surface area contributed by atoms with Gasteiger partial charge in [0.2, 0.25) is 5.91 Å². The lowest BCUT2D eigenvalue weighted by molar-refractivity contribution is -0.121. The fourth-order valence-electron chi connectivity index (χ4n) is 1.90. The Morgan fingerprint density at radius 2 is 1.90 bits per heavy atom. The number of phenols is 1. The molecule has 0 aliphatic rings. The number of aromatic hydroxyl groups is 1. The van der Waals surface area contributed by atoms with Gasteiger partial charge in [-0.05, 0) is 12.1 Å². The maximum absolute atomic E-state index is 11.8. The minimum atomic E-state index is -0.239. The number of fused-ring (bicyclic) bond motifs is 1. The zero-order valence-corrected chi connectivity index (χ0v) is 11.3. The summed E-state index contributed by atoms with van der Waals surface area (Å²) in [5, 5.41) is 14.0. The maximum Gasteiger partial charge on any atom is 0.250 e. The van der Waals surface area contributed by atoms with Gasteiger partial charge in [-0.3, -0.25) is 4.79 Å². The van der Waals surface area contributed by atoms with Crippen molar-refractivity contribution in [3.05, 3.63) is 36.4 Å². The lowest BCUT2D eigenvalue weighted by Gasteiger charge is -2.09. The zero-order valence-electron chi connectivity index (χ0n) is 11.3. The summed E-state index contributed by atoms with van der Waals surface area (Å²) in [5.41, 5.74) is 0.652. The van der Waals surface area contributed by atoms with E-state index >= 15 is 0 Å². The SMILES string of the molecule is COCCOCC(=O)Nc1cccc2c(O)cccc12. The van der Waals surface area contributed by atoms with Crippen LogP contribution in [-0.2, 0) is 14.3 Å². The molecule has 0 aliphatic carbocycles. The number of ether oxygens (including phenoxy) is 2. The molecule has 106 valence electrons. The van der Waals surface area contributed by atoms with Crippen LogP contribution in [0.5, 0.6) is 5.75 Å². The minimum absolute atomic E-state index is 0.0292. The van der Waals surface area contributed by atoms with Gasteiger partial charge >= 0.3 is 0 Å². The van der Waals surface area contributed by atoms with Crippen LogP contribution in [0, 0.1) is 0 Å².